The van der Waals surface area contributed by atoms with E-state index in [0.717, 1.165) is 10.8 Å². The van der Waals surface area contributed by atoms with Crippen molar-refractivity contribution in [2.24, 2.45) is 0 Å². The number of aliphatic carboxylic acids is 2. The van der Waals surface area contributed by atoms with Crippen molar-refractivity contribution in [3.8, 4) is 11.5 Å². The summed E-state index contributed by atoms with van der Waals surface area (Å²) < 4.78 is 21.3. The summed E-state index contributed by atoms with van der Waals surface area (Å²) in [6.45, 7) is -0.198. The highest BCUT2D eigenvalue weighted by Crippen LogP contribution is 2.35. The van der Waals surface area contributed by atoms with Gasteiger partial charge in [0.25, 0.3) is 0 Å². The Kier molecular flexibility index (Phi) is 7.66. The minimum absolute atomic E-state index is 0.122. The van der Waals surface area contributed by atoms with Gasteiger partial charge in [0.1, 0.15) is 26.4 Å². The van der Waals surface area contributed by atoms with E-state index < -0.39 is 11.9 Å². The van der Waals surface area contributed by atoms with Crippen molar-refractivity contribution in [2.75, 3.05) is 39.6 Å². The standard InChI is InChI=1S/C18H20O8/c19-16(20)11-23-7-9-25-15-6-5-13-3-1-2-4-14(13)18(15)26-10-8-24-12-17(21)22/h1-6H,7-12H2,(H,19,20)(H,21,22). The van der Waals surface area contributed by atoms with E-state index in [-0.39, 0.29) is 39.6 Å². The third-order valence-electron chi connectivity index (χ3n) is 3.25. The van der Waals surface area contributed by atoms with Gasteiger partial charge in [0.05, 0.1) is 13.2 Å². The van der Waals surface area contributed by atoms with E-state index in [4.69, 9.17) is 29.2 Å². The lowest BCUT2D eigenvalue weighted by atomic mass is 10.1. The van der Waals surface area contributed by atoms with E-state index in [1.54, 1.807) is 6.07 Å². The molecule has 2 rings (SSSR count). The van der Waals surface area contributed by atoms with Crippen molar-refractivity contribution in [1.29, 1.82) is 0 Å². The first-order chi connectivity index (χ1) is 12.6. The second-order valence-electron chi connectivity index (χ2n) is 5.20. The average molecular weight is 364 g/mol. The van der Waals surface area contributed by atoms with Crippen LogP contribution in [0.5, 0.6) is 11.5 Å². The predicted molar refractivity (Wildman–Crippen MR) is 91.8 cm³/mol. The molecule has 8 heteroatoms. The Hall–Kier alpha value is -2.84. The maximum absolute atomic E-state index is 10.4. The van der Waals surface area contributed by atoms with Crippen molar-refractivity contribution >= 4 is 22.7 Å². The molecule has 0 unspecified atom stereocenters. The van der Waals surface area contributed by atoms with Gasteiger partial charge in [-0.3, -0.25) is 0 Å². The summed E-state index contributed by atoms with van der Waals surface area (Å²) >= 11 is 0. The minimum Gasteiger partial charge on any atom is -0.487 e. The molecule has 2 N–H and O–H groups in total. The Morgan fingerprint density at radius 2 is 1.38 bits per heavy atom. The molecule has 0 aromatic heterocycles. The van der Waals surface area contributed by atoms with Gasteiger partial charge < -0.3 is 29.2 Å². The average Bonchev–Trinajstić information content (AvgIpc) is 2.61. The second kappa shape index (κ2) is 10.2. The molecule has 0 aliphatic rings. The molecule has 0 fully saturated rings. The summed E-state index contributed by atoms with van der Waals surface area (Å²) in [5.74, 6) is -1.08. The number of rotatable bonds is 12. The Morgan fingerprint density at radius 1 is 0.769 bits per heavy atom. The smallest absolute Gasteiger partial charge is 0.329 e. The number of hydrogen-bond acceptors (Lipinski definition) is 6. The van der Waals surface area contributed by atoms with Gasteiger partial charge in [-0.2, -0.15) is 0 Å². The Morgan fingerprint density at radius 3 is 2.04 bits per heavy atom. The van der Waals surface area contributed by atoms with Crippen molar-refractivity contribution in [3.63, 3.8) is 0 Å². The molecule has 0 aliphatic carbocycles. The fourth-order valence-corrected chi connectivity index (χ4v) is 2.22. The molecule has 0 bridgehead atoms. The maximum atomic E-state index is 10.4. The van der Waals surface area contributed by atoms with E-state index >= 15 is 0 Å². The van der Waals surface area contributed by atoms with Crippen LogP contribution in [-0.2, 0) is 19.1 Å². The lowest BCUT2D eigenvalue weighted by Gasteiger charge is -2.15. The van der Waals surface area contributed by atoms with Crippen molar-refractivity contribution in [3.05, 3.63) is 36.4 Å². The van der Waals surface area contributed by atoms with Crippen LogP contribution < -0.4 is 9.47 Å². The highest BCUT2D eigenvalue weighted by molar-refractivity contribution is 5.90. The Balaban J connectivity index is 2.00. The lowest BCUT2D eigenvalue weighted by Crippen LogP contribution is -2.14. The SMILES string of the molecule is O=C(O)COCCOc1ccc2ccccc2c1OCCOCC(=O)O. The van der Waals surface area contributed by atoms with Gasteiger partial charge in [-0.05, 0) is 11.5 Å². The van der Waals surface area contributed by atoms with Crippen molar-refractivity contribution in [2.45, 2.75) is 0 Å². The zero-order valence-corrected chi connectivity index (χ0v) is 14.1. The summed E-state index contributed by atoms with van der Waals surface area (Å²) in [7, 11) is 0. The van der Waals surface area contributed by atoms with Crippen LogP contribution in [0.3, 0.4) is 0 Å². The molecule has 0 aliphatic heterocycles. The molecular formula is C18H20O8. The monoisotopic (exact) mass is 364 g/mol. The second-order valence-corrected chi connectivity index (χ2v) is 5.20. The van der Waals surface area contributed by atoms with Gasteiger partial charge in [-0.15, -0.1) is 0 Å². The van der Waals surface area contributed by atoms with E-state index in [0.29, 0.717) is 11.5 Å². The highest BCUT2D eigenvalue weighted by Gasteiger charge is 2.11. The summed E-state index contributed by atoms with van der Waals surface area (Å²) in [5, 5.41) is 18.9. The Labute approximate surface area is 149 Å². The van der Waals surface area contributed by atoms with E-state index in [9.17, 15) is 9.59 Å². The lowest BCUT2D eigenvalue weighted by molar-refractivity contribution is -0.143. The zero-order chi connectivity index (χ0) is 18.8. The first-order valence-electron chi connectivity index (χ1n) is 7.94. The number of fused-ring (bicyclic) bond motifs is 1. The maximum Gasteiger partial charge on any atom is 0.329 e. The van der Waals surface area contributed by atoms with Gasteiger partial charge in [-0.25, -0.2) is 9.59 Å². The van der Waals surface area contributed by atoms with Crippen LogP contribution in [0, 0.1) is 0 Å². The predicted octanol–water partition coefficient (Wildman–Crippen LogP) is 1.80. The fourth-order valence-electron chi connectivity index (χ4n) is 2.22. The molecule has 0 atom stereocenters. The zero-order valence-electron chi connectivity index (χ0n) is 14.1. The summed E-state index contributed by atoms with van der Waals surface area (Å²) in [4.78, 5) is 20.9. The number of carboxylic acid groups (broad SMARTS) is 2. The van der Waals surface area contributed by atoms with E-state index in [2.05, 4.69) is 0 Å². The minimum atomic E-state index is -1.04. The molecule has 140 valence electrons. The third kappa shape index (κ3) is 6.23. The molecular weight excluding hydrogens is 344 g/mol. The van der Waals surface area contributed by atoms with Crippen molar-refractivity contribution < 1.29 is 38.7 Å². The van der Waals surface area contributed by atoms with Crippen LogP contribution in [0.4, 0.5) is 0 Å². The van der Waals surface area contributed by atoms with E-state index in [1.807, 2.05) is 30.3 Å². The van der Waals surface area contributed by atoms with Crippen LogP contribution in [-0.4, -0.2) is 61.8 Å². The fraction of sp³-hybridized carbons (Fsp3) is 0.333. The van der Waals surface area contributed by atoms with Gasteiger partial charge >= 0.3 is 11.9 Å². The molecule has 0 spiro atoms. The van der Waals surface area contributed by atoms with Gasteiger partial charge in [0.2, 0.25) is 0 Å². The molecule has 2 aromatic carbocycles. The normalized spacial score (nSPS) is 10.6. The first kappa shape index (κ1) is 19.5. The van der Waals surface area contributed by atoms with Gasteiger partial charge in [0, 0.05) is 5.39 Å². The molecule has 0 amide bonds. The molecule has 0 saturated carbocycles. The highest BCUT2D eigenvalue weighted by atomic mass is 16.6. The molecule has 0 heterocycles. The third-order valence-corrected chi connectivity index (χ3v) is 3.25. The number of benzene rings is 2. The number of ether oxygens (including phenoxy) is 4. The molecule has 26 heavy (non-hydrogen) atoms. The van der Waals surface area contributed by atoms with Crippen LogP contribution in [0.2, 0.25) is 0 Å². The number of carboxylic acids is 2. The van der Waals surface area contributed by atoms with Crippen LogP contribution in [0.1, 0.15) is 0 Å². The quantitative estimate of drug-likeness (QED) is 0.549. The molecule has 8 nitrogen and oxygen atoms in total. The van der Waals surface area contributed by atoms with E-state index in [1.165, 1.54) is 0 Å². The topological polar surface area (TPSA) is 112 Å². The summed E-state index contributed by atoms with van der Waals surface area (Å²) in [6, 6.07) is 11.2. The molecule has 0 radical (unpaired) electrons. The summed E-state index contributed by atoms with van der Waals surface area (Å²) in [6.07, 6.45) is 0. The van der Waals surface area contributed by atoms with Crippen LogP contribution >= 0.6 is 0 Å². The number of hydrogen-bond donors (Lipinski definition) is 2. The van der Waals surface area contributed by atoms with Crippen LogP contribution in [0.15, 0.2) is 36.4 Å². The first-order valence-corrected chi connectivity index (χ1v) is 7.94. The molecule has 2 aromatic rings. The van der Waals surface area contributed by atoms with Gasteiger partial charge in [-0.1, -0.05) is 30.3 Å². The van der Waals surface area contributed by atoms with Gasteiger partial charge in [0.15, 0.2) is 11.5 Å². The van der Waals surface area contributed by atoms with Crippen LogP contribution in [0.25, 0.3) is 10.8 Å². The molecule has 0 saturated heterocycles. The summed E-state index contributed by atoms with van der Waals surface area (Å²) in [5.41, 5.74) is 0. The largest absolute Gasteiger partial charge is 0.487 e. The number of carbonyl (C=O) groups is 2. The van der Waals surface area contributed by atoms with Crippen molar-refractivity contribution in [1.82, 2.24) is 0 Å². The Bertz CT molecular complexity index is 743.